The Morgan fingerprint density at radius 3 is 2.36 bits per heavy atom. The van der Waals surface area contributed by atoms with Crippen LogP contribution in [0.2, 0.25) is 10.0 Å². The van der Waals surface area contributed by atoms with E-state index >= 15 is 0 Å². The van der Waals surface area contributed by atoms with Gasteiger partial charge in [-0.05, 0) is 35.2 Å². The lowest BCUT2D eigenvalue weighted by molar-refractivity contribution is -0.384. The molecule has 3 rings (SSSR count). The zero-order valence-electron chi connectivity index (χ0n) is 11.8. The molecule has 1 aliphatic rings. The second-order valence-corrected chi connectivity index (χ2v) is 6.23. The number of rotatable bonds is 3. The van der Waals surface area contributed by atoms with Crippen LogP contribution < -0.4 is 0 Å². The first kappa shape index (κ1) is 15.3. The lowest BCUT2D eigenvalue weighted by Gasteiger charge is -2.29. The average molecular weight is 337 g/mol. The lowest BCUT2D eigenvalue weighted by atomic mass is 9.99. The van der Waals surface area contributed by atoms with Crippen molar-refractivity contribution in [2.75, 3.05) is 6.54 Å². The van der Waals surface area contributed by atoms with Gasteiger partial charge in [0.25, 0.3) is 5.69 Å². The summed E-state index contributed by atoms with van der Waals surface area (Å²) < 4.78 is 0. The van der Waals surface area contributed by atoms with Crippen LogP contribution in [0, 0.1) is 10.1 Å². The molecule has 6 heteroatoms. The number of nitrogens with zero attached hydrogens (tertiary/aromatic N) is 2. The van der Waals surface area contributed by atoms with Crippen LogP contribution in [0.25, 0.3) is 0 Å². The number of benzene rings is 2. The van der Waals surface area contributed by atoms with E-state index in [0.717, 1.165) is 31.6 Å². The molecule has 2 aromatic rings. The molecule has 0 unspecified atom stereocenters. The van der Waals surface area contributed by atoms with Crippen molar-refractivity contribution in [3.8, 4) is 0 Å². The normalized spacial score (nSPS) is 14.6. The van der Waals surface area contributed by atoms with E-state index < -0.39 is 0 Å². The Morgan fingerprint density at radius 1 is 1.09 bits per heavy atom. The summed E-state index contributed by atoms with van der Waals surface area (Å²) in [6.07, 6.45) is 0.930. The highest BCUT2D eigenvalue weighted by Gasteiger charge is 2.18. The lowest BCUT2D eigenvalue weighted by Crippen LogP contribution is -2.30. The SMILES string of the molecule is O=[N+]([O-])c1ccc(CN2CCc3cc(Cl)c(Cl)cc3C2)cc1. The largest absolute Gasteiger partial charge is 0.294 e. The predicted molar refractivity (Wildman–Crippen MR) is 87.4 cm³/mol. The summed E-state index contributed by atoms with van der Waals surface area (Å²) in [4.78, 5) is 12.6. The summed E-state index contributed by atoms with van der Waals surface area (Å²) >= 11 is 12.1. The smallest absolute Gasteiger partial charge is 0.269 e. The Balaban J connectivity index is 1.72. The molecular formula is C16H14Cl2N2O2. The van der Waals surface area contributed by atoms with Crippen molar-refractivity contribution in [1.82, 2.24) is 4.90 Å². The predicted octanol–water partition coefficient (Wildman–Crippen LogP) is 4.46. The second kappa shape index (κ2) is 6.24. The molecule has 1 aliphatic heterocycles. The molecule has 4 nitrogen and oxygen atoms in total. The van der Waals surface area contributed by atoms with Gasteiger partial charge in [-0.15, -0.1) is 0 Å². The third-order valence-electron chi connectivity index (χ3n) is 3.89. The van der Waals surface area contributed by atoms with Gasteiger partial charge in [-0.25, -0.2) is 0 Å². The molecule has 0 amide bonds. The zero-order chi connectivity index (χ0) is 15.7. The van der Waals surface area contributed by atoms with Crippen molar-refractivity contribution < 1.29 is 4.92 Å². The first-order valence-electron chi connectivity index (χ1n) is 6.95. The third-order valence-corrected chi connectivity index (χ3v) is 4.61. The summed E-state index contributed by atoms with van der Waals surface area (Å²) in [5.41, 5.74) is 3.63. The van der Waals surface area contributed by atoms with Crippen LogP contribution >= 0.6 is 23.2 Å². The van der Waals surface area contributed by atoms with Crippen LogP contribution in [-0.2, 0) is 19.5 Å². The molecule has 2 aromatic carbocycles. The van der Waals surface area contributed by atoms with Gasteiger partial charge >= 0.3 is 0 Å². The van der Waals surface area contributed by atoms with Gasteiger partial charge < -0.3 is 0 Å². The molecule has 0 atom stereocenters. The van der Waals surface area contributed by atoms with Crippen molar-refractivity contribution in [3.05, 3.63) is 73.2 Å². The molecule has 0 N–H and O–H groups in total. The van der Waals surface area contributed by atoms with Crippen molar-refractivity contribution in [2.45, 2.75) is 19.5 Å². The molecule has 1 heterocycles. The van der Waals surface area contributed by atoms with Gasteiger partial charge in [0.05, 0.1) is 15.0 Å². The van der Waals surface area contributed by atoms with Crippen molar-refractivity contribution >= 4 is 28.9 Å². The molecule has 0 aliphatic carbocycles. The van der Waals surface area contributed by atoms with Crippen LogP contribution in [0.1, 0.15) is 16.7 Å². The van der Waals surface area contributed by atoms with Crippen LogP contribution in [-0.4, -0.2) is 16.4 Å². The highest BCUT2D eigenvalue weighted by molar-refractivity contribution is 6.42. The molecule has 0 radical (unpaired) electrons. The van der Waals surface area contributed by atoms with E-state index in [1.165, 1.54) is 11.1 Å². The van der Waals surface area contributed by atoms with E-state index in [1.807, 2.05) is 24.3 Å². The minimum atomic E-state index is -0.382. The van der Waals surface area contributed by atoms with Crippen LogP contribution in [0.15, 0.2) is 36.4 Å². The van der Waals surface area contributed by atoms with Crippen molar-refractivity contribution in [2.24, 2.45) is 0 Å². The molecule has 114 valence electrons. The number of halogens is 2. The highest BCUT2D eigenvalue weighted by atomic mass is 35.5. The Bertz CT molecular complexity index is 717. The number of hydrogen-bond donors (Lipinski definition) is 0. The Hall–Kier alpha value is -1.62. The maximum Gasteiger partial charge on any atom is 0.269 e. The summed E-state index contributed by atoms with van der Waals surface area (Å²) in [7, 11) is 0. The van der Waals surface area contributed by atoms with Crippen LogP contribution in [0.5, 0.6) is 0 Å². The zero-order valence-corrected chi connectivity index (χ0v) is 13.3. The fourth-order valence-electron chi connectivity index (χ4n) is 2.72. The third kappa shape index (κ3) is 3.24. The Labute approximate surface area is 138 Å². The Kier molecular flexibility index (Phi) is 4.34. The van der Waals surface area contributed by atoms with Gasteiger partial charge in [0, 0.05) is 31.8 Å². The van der Waals surface area contributed by atoms with Crippen molar-refractivity contribution in [3.63, 3.8) is 0 Å². The van der Waals surface area contributed by atoms with E-state index in [9.17, 15) is 10.1 Å². The standard InChI is InChI=1S/C16H14Cl2N2O2/c17-15-7-12-5-6-19(10-13(12)8-16(15)18)9-11-1-3-14(4-2-11)20(21)22/h1-4,7-8H,5-6,9-10H2. The van der Waals surface area contributed by atoms with Gasteiger partial charge in [-0.2, -0.15) is 0 Å². The number of non-ortho nitro benzene ring substituents is 1. The van der Waals surface area contributed by atoms with Crippen molar-refractivity contribution in [1.29, 1.82) is 0 Å². The minimum absolute atomic E-state index is 0.120. The molecule has 22 heavy (non-hydrogen) atoms. The van der Waals surface area contributed by atoms with E-state index in [1.54, 1.807) is 12.1 Å². The second-order valence-electron chi connectivity index (χ2n) is 5.42. The maximum absolute atomic E-state index is 10.7. The van der Waals surface area contributed by atoms with Gasteiger partial charge in [-0.1, -0.05) is 35.3 Å². The topological polar surface area (TPSA) is 46.4 Å². The molecule has 0 fully saturated rings. The van der Waals surface area contributed by atoms with E-state index in [-0.39, 0.29) is 10.6 Å². The molecule has 0 saturated heterocycles. The maximum atomic E-state index is 10.7. The van der Waals surface area contributed by atoms with E-state index in [4.69, 9.17) is 23.2 Å². The van der Waals surface area contributed by atoms with Crippen LogP contribution in [0.4, 0.5) is 5.69 Å². The van der Waals surface area contributed by atoms with Crippen LogP contribution in [0.3, 0.4) is 0 Å². The quantitative estimate of drug-likeness (QED) is 0.614. The molecule has 0 bridgehead atoms. The number of fused-ring (bicyclic) bond motifs is 1. The van der Waals surface area contributed by atoms with Gasteiger partial charge in [0.1, 0.15) is 0 Å². The summed E-state index contributed by atoms with van der Waals surface area (Å²) in [5.74, 6) is 0. The minimum Gasteiger partial charge on any atom is -0.294 e. The fraction of sp³-hybridized carbons (Fsp3) is 0.250. The average Bonchev–Trinajstić information content (AvgIpc) is 2.49. The first-order chi connectivity index (χ1) is 10.5. The Morgan fingerprint density at radius 2 is 1.73 bits per heavy atom. The molecule has 0 aromatic heterocycles. The molecule has 0 saturated carbocycles. The molecular weight excluding hydrogens is 323 g/mol. The summed E-state index contributed by atoms with van der Waals surface area (Å²) in [5, 5.41) is 11.9. The van der Waals surface area contributed by atoms with E-state index in [0.29, 0.717) is 10.0 Å². The van der Waals surface area contributed by atoms with Gasteiger partial charge in [0.2, 0.25) is 0 Å². The first-order valence-corrected chi connectivity index (χ1v) is 7.71. The number of nitro groups is 1. The fourth-order valence-corrected chi connectivity index (χ4v) is 3.10. The van der Waals surface area contributed by atoms with Gasteiger partial charge in [-0.3, -0.25) is 15.0 Å². The number of nitro benzene ring substituents is 1. The van der Waals surface area contributed by atoms with Gasteiger partial charge in [0.15, 0.2) is 0 Å². The van der Waals surface area contributed by atoms with E-state index in [2.05, 4.69) is 4.90 Å². The summed E-state index contributed by atoms with van der Waals surface area (Å²) in [6, 6.07) is 10.6. The monoisotopic (exact) mass is 336 g/mol. The number of hydrogen-bond acceptors (Lipinski definition) is 3. The molecule has 0 spiro atoms. The highest BCUT2D eigenvalue weighted by Crippen LogP contribution is 2.30. The summed E-state index contributed by atoms with van der Waals surface area (Å²) in [6.45, 7) is 2.50.